The van der Waals surface area contributed by atoms with Gasteiger partial charge in [0.2, 0.25) is 11.8 Å². The van der Waals surface area contributed by atoms with Gasteiger partial charge in [0.15, 0.2) is 0 Å². The van der Waals surface area contributed by atoms with Gasteiger partial charge in [-0.15, -0.1) is 11.3 Å². The number of hydrogen-bond acceptors (Lipinski definition) is 3. The largest absolute Gasteiger partial charge is 0.353 e. The fraction of sp³-hybridized carbons (Fsp3) is 0.579. The van der Waals surface area contributed by atoms with Crippen LogP contribution in [0.1, 0.15) is 49.8 Å². The van der Waals surface area contributed by atoms with E-state index in [1.807, 2.05) is 28.5 Å². The third-order valence-electron chi connectivity index (χ3n) is 4.99. The molecule has 0 aromatic carbocycles. The Labute approximate surface area is 147 Å². The molecule has 0 unspecified atom stereocenters. The quantitative estimate of drug-likeness (QED) is 0.849. The predicted octanol–water partition coefficient (Wildman–Crippen LogP) is 3.45. The summed E-state index contributed by atoms with van der Waals surface area (Å²) in [6, 6.07) is 4.31. The molecule has 2 aliphatic rings. The maximum atomic E-state index is 12.5. The van der Waals surface area contributed by atoms with Gasteiger partial charge >= 0.3 is 0 Å². The number of hydrogen-bond donors (Lipinski definition) is 1. The second-order valence-electron chi connectivity index (χ2n) is 6.82. The minimum Gasteiger partial charge on any atom is -0.353 e. The predicted molar refractivity (Wildman–Crippen MR) is 97.7 cm³/mol. The molecule has 1 aromatic rings. The van der Waals surface area contributed by atoms with E-state index in [1.165, 1.54) is 19.3 Å². The van der Waals surface area contributed by atoms with Crippen molar-refractivity contribution in [3.05, 3.63) is 28.5 Å². The van der Waals surface area contributed by atoms with Crippen LogP contribution in [0, 0.1) is 5.92 Å². The van der Waals surface area contributed by atoms with Gasteiger partial charge in [-0.3, -0.25) is 9.59 Å². The zero-order valence-corrected chi connectivity index (χ0v) is 14.9. The van der Waals surface area contributed by atoms with Crippen LogP contribution in [0.5, 0.6) is 0 Å². The van der Waals surface area contributed by atoms with Gasteiger partial charge in [0.1, 0.15) is 0 Å². The molecule has 1 atom stereocenters. The summed E-state index contributed by atoms with van der Waals surface area (Å²) in [5.74, 6) is 0.0972. The van der Waals surface area contributed by atoms with E-state index < -0.39 is 0 Å². The SMILES string of the molecule is O=C(NC1CCCCC1)[C@H]1CCCN(C(=O)/C=C/c2cccs2)C1. The van der Waals surface area contributed by atoms with Crippen LogP contribution in [0.4, 0.5) is 0 Å². The van der Waals surface area contributed by atoms with E-state index in [2.05, 4.69) is 5.32 Å². The molecule has 4 nitrogen and oxygen atoms in total. The molecule has 2 amide bonds. The standard InChI is InChI=1S/C19H26N2O2S/c22-18(11-10-17-9-5-13-24-17)21-12-4-6-15(14-21)19(23)20-16-7-2-1-3-8-16/h5,9-11,13,15-16H,1-4,6-8,12,14H2,(H,20,23)/b11-10+/t15-/m0/s1. The summed E-state index contributed by atoms with van der Waals surface area (Å²) in [6.45, 7) is 1.30. The van der Waals surface area contributed by atoms with Crippen LogP contribution in [0.2, 0.25) is 0 Å². The van der Waals surface area contributed by atoms with Crippen molar-refractivity contribution in [2.45, 2.75) is 51.0 Å². The molecule has 1 aliphatic heterocycles. The maximum Gasteiger partial charge on any atom is 0.246 e. The number of likely N-dealkylation sites (tertiary alicyclic amines) is 1. The van der Waals surface area contributed by atoms with Crippen LogP contribution in [-0.2, 0) is 9.59 Å². The molecular formula is C19H26N2O2S. The Kier molecular flexibility index (Phi) is 6.07. The number of piperidine rings is 1. The molecule has 0 spiro atoms. The first-order valence-electron chi connectivity index (χ1n) is 9.03. The van der Waals surface area contributed by atoms with Gasteiger partial charge in [0.25, 0.3) is 0 Å². The highest BCUT2D eigenvalue weighted by atomic mass is 32.1. The Bertz CT molecular complexity index is 576. The Hall–Kier alpha value is -1.62. The zero-order valence-electron chi connectivity index (χ0n) is 14.1. The number of nitrogens with one attached hydrogen (secondary N) is 1. The van der Waals surface area contributed by atoms with Crippen LogP contribution < -0.4 is 5.32 Å². The first-order valence-corrected chi connectivity index (χ1v) is 9.91. The summed E-state index contributed by atoms with van der Waals surface area (Å²) in [4.78, 5) is 27.8. The minimum absolute atomic E-state index is 0.0126. The zero-order chi connectivity index (χ0) is 16.8. The van der Waals surface area contributed by atoms with E-state index in [0.717, 1.165) is 37.1 Å². The Morgan fingerprint density at radius 3 is 2.75 bits per heavy atom. The first-order chi connectivity index (χ1) is 11.7. The number of amides is 2. The summed E-state index contributed by atoms with van der Waals surface area (Å²) in [7, 11) is 0. The molecule has 2 heterocycles. The van der Waals surface area contributed by atoms with E-state index >= 15 is 0 Å². The lowest BCUT2D eigenvalue weighted by atomic mass is 9.93. The van der Waals surface area contributed by atoms with Gasteiger partial charge in [0, 0.05) is 30.1 Å². The highest BCUT2D eigenvalue weighted by Gasteiger charge is 2.29. The van der Waals surface area contributed by atoms with Crippen LogP contribution in [0.15, 0.2) is 23.6 Å². The van der Waals surface area contributed by atoms with E-state index in [9.17, 15) is 9.59 Å². The fourth-order valence-corrected chi connectivity index (χ4v) is 4.22. The third-order valence-corrected chi connectivity index (χ3v) is 5.83. The number of thiophene rings is 1. The highest BCUT2D eigenvalue weighted by Crippen LogP contribution is 2.21. The van der Waals surface area contributed by atoms with Gasteiger partial charge in [-0.1, -0.05) is 25.3 Å². The average molecular weight is 346 g/mol. The van der Waals surface area contributed by atoms with E-state index in [1.54, 1.807) is 17.4 Å². The van der Waals surface area contributed by atoms with Crippen molar-refractivity contribution >= 4 is 29.2 Å². The minimum atomic E-state index is -0.0558. The Morgan fingerprint density at radius 2 is 2.00 bits per heavy atom. The van der Waals surface area contributed by atoms with Gasteiger partial charge in [-0.25, -0.2) is 0 Å². The van der Waals surface area contributed by atoms with Crippen molar-refractivity contribution in [3.8, 4) is 0 Å². The van der Waals surface area contributed by atoms with E-state index in [4.69, 9.17) is 0 Å². The molecule has 2 fully saturated rings. The molecule has 1 N–H and O–H groups in total. The summed E-state index contributed by atoms with van der Waals surface area (Å²) >= 11 is 1.61. The molecule has 0 bridgehead atoms. The second kappa shape index (κ2) is 8.47. The maximum absolute atomic E-state index is 12.5. The number of carbonyl (C=O) groups excluding carboxylic acids is 2. The lowest BCUT2D eigenvalue weighted by Crippen LogP contribution is -2.47. The number of carbonyl (C=O) groups is 2. The van der Waals surface area contributed by atoms with Crippen molar-refractivity contribution in [2.24, 2.45) is 5.92 Å². The molecular weight excluding hydrogens is 320 g/mol. The Morgan fingerprint density at radius 1 is 1.17 bits per heavy atom. The summed E-state index contributed by atoms with van der Waals surface area (Å²) in [5, 5.41) is 5.21. The topological polar surface area (TPSA) is 49.4 Å². The van der Waals surface area contributed by atoms with Crippen molar-refractivity contribution in [3.63, 3.8) is 0 Å². The number of nitrogens with zero attached hydrogens (tertiary/aromatic N) is 1. The van der Waals surface area contributed by atoms with Crippen molar-refractivity contribution < 1.29 is 9.59 Å². The molecule has 1 aliphatic carbocycles. The van der Waals surface area contributed by atoms with Crippen LogP contribution in [0.3, 0.4) is 0 Å². The van der Waals surface area contributed by atoms with Crippen molar-refractivity contribution in [1.29, 1.82) is 0 Å². The van der Waals surface area contributed by atoms with E-state index in [0.29, 0.717) is 12.6 Å². The van der Waals surface area contributed by atoms with Crippen molar-refractivity contribution in [1.82, 2.24) is 10.2 Å². The summed E-state index contributed by atoms with van der Waals surface area (Å²) in [5.41, 5.74) is 0. The van der Waals surface area contributed by atoms with Gasteiger partial charge < -0.3 is 10.2 Å². The molecule has 130 valence electrons. The van der Waals surface area contributed by atoms with Crippen LogP contribution in [0.25, 0.3) is 6.08 Å². The molecule has 0 radical (unpaired) electrons. The average Bonchev–Trinajstić information content (AvgIpc) is 3.14. The monoisotopic (exact) mass is 346 g/mol. The molecule has 5 heteroatoms. The fourth-order valence-electron chi connectivity index (χ4n) is 3.60. The lowest BCUT2D eigenvalue weighted by Gasteiger charge is -2.33. The van der Waals surface area contributed by atoms with Gasteiger partial charge in [0.05, 0.1) is 5.92 Å². The molecule has 1 saturated heterocycles. The lowest BCUT2D eigenvalue weighted by molar-refractivity contribution is -0.132. The first kappa shape index (κ1) is 17.2. The molecule has 1 aromatic heterocycles. The van der Waals surface area contributed by atoms with Gasteiger partial charge in [-0.2, -0.15) is 0 Å². The summed E-state index contributed by atoms with van der Waals surface area (Å²) in [6.07, 6.45) is 11.2. The van der Waals surface area contributed by atoms with Crippen LogP contribution >= 0.6 is 11.3 Å². The highest BCUT2D eigenvalue weighted by molar-refractivity contribution is 7.10. The molecule has 3 rings (SSSR count). The van der Waals surface area contributed by atoms with E-state index in [-0.39, 0.29) is 17.7 Å². The second-order valence-corrected chi connectivity index (χ2v) is 7.79. The molecule has 1 saturated carbocycles. The van der Waals surface area contributed by atoms with Crippen LogP contribution in [-0.4, -0.2) is 35.8 Å². The molecule has 24 heavy (non-hydrogen) atoms. The Balaban J connectivity index is 1.51. The summed E-state index contributed by atoms with van der Waals surface area (Å²) < 4.78 is 0. The smallest absolute Gasteiger partial charge is 0.246 e. The van der Waals surface area contributed by atoms with Crippen molar-refractivity contribution in [2.75, 3.05) is 13.1 Å². The van der Waals surface area contributed by atoms with Gasteiger partial charge in [-0.05, 0) is 43.2 Å². The normalized spacial score (nSPS) is 22.7. The third kappa shape index (κ3) is 4.69. The number of rotatable bonds is 4.